The smallest absolute Gasteiger partial charge is 0.322 e. The maximum absolute atomic E-state index is 13.4. The van der Waals surface area contributed by atoms with Gasteiger partial charge in [0.2, 0.25) is 5.91 Å². The summed E-state index contributed by atoms with van der Waals surface area (Å²) < 4.78 is 20.5. The monoisotopic (exact) mass is 452 g/mol. The third-order valence-electron chi connectivity index (χ3n) is 4.89. The minimum absolute atomic E-state index is 0.0745. The SMILES string of the molecule is CCCCN(CC(=O)N(CCOC)Cc1cccn1C)C(=O)Nc1ccc(F)c(Cl)c1. The largest absolute Gasteiger partial charge is 0.383 e. The number of aromatic nitrogens is 1. The van der Waals surface area contributed by atoms with Crippen LogP contribution in [0.15, 0.2) is 36.5 Å². The average Bonchev–Trinajstić information content (AvgIpc) is 3.15. The Labute approximate surface area is 187 Å². The molecule has 2 rings (SSSR count). The second-order valence-corrected chi connectivity index (χ2v) is 7.66. The van der Waals surface area contributed by atoms with Crippen molar-refractivity contribution in [2.75, 3.05) is 38.7 Å². The number of carbonyl (C=O) groups excluding carboxylic acids is 2. The van der Waals surface area contributed by atoms with Gasteiger partial charge < -0.3 is 24.4 Å². The third-order valence-corrected chi connectivity index (χ3v) is 5.18. The Hall–Kier alpha value is -2.58. The summed E-state index contributed by atoms with van der Waals surface area (Å²) in [6, 6.07) is 7.39. The van der Waals surface area contributed by atoms with Gasteiger partial charge in [-0.2, -0.15) is 0 Å². The molecule has 0 saturated heterocycles. The number of anilines is 1. The van der Waals surface area contributed by atoms with Gasteiger partial charge in [-0.15, -0.1) is 0 Å². The number of nitrogens with one attached hydrogen (secondary N) is 1. The minimum atomic E-state index is -0.563. The van der Waals surface area contributed by atoms with Gasteiger partial charge in [0.1, 0.15) is 12.4 Å². The molecular formula is C22H30ClFN4O3. The van der Waals surface area contributed by atoms with Gasteiger partial charge in [0.25, 0.3) is 0 Å². The van der Waals surface area contributed by atoms with Crippen molar-refractivity contribution in [2.45, 2.75) is 26.3 Å². The van der Waals surface area contributed by atoms with Gasteiger partial charge in [-0.3, -0.25) is 4.79 Å². The molecule has 0 aliphatic carbocycles. The predicted molar refractivity (Wildman–Crippen MR) is 120 cm³/mol. The average molecular weight is 453 g/mol. The molecule has 3 amide bonds. The summed E-state index contributed by atoms with van der Waals surface area (Å²) in [5.74, 6) is -0.742. The fraction of sp³-hybridized carbons (Fsp3) is 0.455. The van der Waals surface area contributed by atoms with Crippen molar-refractivity contribution in [1.82, 2.24) is 14.4 Å². The van der Waals surface area contributed by atoms with Crippen molar-refractivity contribution in [3.05, 3.63) is 53.1 Å². The van der Waals surface area contributed by atoms with E-state index in [0.29, 0.717) is 31.9 Å². The number of methoxy groups -OCH3 is 1. The summed E-state index contributed by atoms with van der Waals surface area (Å²) in [5, 5.41) is 2.62. The second-order valence-electron chi connectivity index (χ2n) is 7.25. The zero-order chi connectivity index (χ0) is 22.8. The van der Waals surface area contributed by atoms with Gasteiger partial charge in [-0.1, -0.05) is 24.9 Å². The molecule has 2 aromatic rings. The van der Waals surface area contributed by atoms with E-state index >= 15 is 0 Å². The fourth-order valence-electron chi connectivity index (χ4n) is 2.99. The maximum Gasteiger partial charge on any atom is 0.322 e. The van der Waals surface area contributed by atoms with E-state index in [0.717, 1.165) is 18.5 Å². The highest BCUT2D eigenvalue weighted by Crippen LogP contribution is 2.19. The van der Waals surface area contributed by atoms with E-state index in [1.54, 1.807) is 12.0 Å². The number of ether oxygens (including phenoxy) is 1. The summed E-state index contributed by atoms with van der Waals surface area (Å²) >= 11 is 5.80. The molecule has 1 aromatic heterocycles. The molecule has 0 atom stereocenters. The lowest BCUT2D eigenvalue weighted by Crippen LogP contribution is -2.45. The van der Waals surface area contributed by atoms with E-state index in [-0.39, 0.29) is 17.5 Å². The number of urea groups is 1. The normalized spacial score (nSPS) is 10.7. The van der Waals surface area contributed by atoms with Crippen LogP contribution in [0.3, 0.4) is 0 Å². The lowest BCUT2D eigenvalue weighted by atomic mass is 10.3. The number of carbonyl (C=O) groups is 2. The number of nitrogens with zero attached hydrogens (tertiary/aromatic N) is 3. The number of rotatable bonds is 11. The van der Waals surface area contributed by atoms with Gasteiger partial charge in [-0.05, 0) is 36.8 Å². The maximum atomic E-state index is 13.4. The second kappa shape index (κ2) is 12.3. The van der Waals surface area contributed by atoms with Crippen LogP contribution >= 0.6 is 11.6 Å². The molecule has 1 heterocycles. The molecule has 0 spiro atoms. The number of hydrogen-bond acceptors (Lipinski definition) is 3. The van der Waals surface area contributed by atoms with Gasteiger partial charge in [0.05, 0.1) is 18.2 Å². The number of hydrogen-bond donors (Lipinski definition) is 1. The Morgan fingerprint density at radius 3 is 2.61 bits per heavy atom. The summed E-state index contributed by atoms with van der Waals surface area (Å²) in [6.07, 6.45) is 3.54. The number of unbranched alkanes of at least 4 members (excludes halogenated alkanes) is 1. The molecule has 0 fully saturated rings. The van der Waals surface area contributed by atoms with E-state index in [1.807, 2.05) is 36.9 Å². The molecule has 9 heteroatoms. The van der Waals surface area contributed by atoms with E-state index in [1.165, 1.54) is 23.1 Å². The molecule has 7 nitrogen and oxygen atoms in total. The van der Waals surface area contributed by atoms with E-state index in [2.05, 4.69) is 5.32 Å². The molecule has 31 heavy (non-hydrogen) atoms. The molecule has 170 valence electrons. The lowest BCUT2D eigenvalue weighted by Gasteiger charge is -2.28. The number of benzene rings is 1. The summed E-state index contributed by atoms with van der Waals surface area (Å²) in [4.78, 5) is 29.1. The molecule has 1 N–H and O–H groups in total. The Balaban J connectivity index is 2.11. The van der Waals surface area contributed by atoms with E-state index < -0.39 is 11.8 Å². The van der Waals surface area contributed by atoms with Crippen LogP contribution in [0.5, 0.6) is 0 Å². The van der Waals surface area contributed by atoms with Crippen LogP contribution in [-0.4, -0.2) is 59.7 Å². The van der Waals surface area contributed by atoms with Crippen LogP contribution in [0.4, 0.5) is 14.9 Å². The molecular weight excluding hydrogens is 423 g/mol. The molecule has 0 unspecified atom stereocenters. The standard InChI is InChI=1S/C22H30ClFN4O3/c1-4-5-11-28(22(30)25-17-8-9-20(24)19(23)14-17)16-21(29)27(12-13-31-3)15-18-7-6-10-26(18)2/h6-10,14H,4-5,11-13,15-16H2,1-3H3,(H,25,30). The zero-order valence-electron chi connectivity index (χ0n) is 18.2. The van der Waals surface area contributed by atoms with Crippen LogP contribution in [0.25, 0.3) is 0 Å². The first-order chi connectivity index (χ1) is 14.8. The van der Waals surface area contributed by atoms with Crippen molar-refractivity contribution in [3.63, 3.8) is 0 Å². The quantitative estimate of drug-likeness (QED) is 0.557. The Bertz CT molecular complexity index is 874. The van der Waals surface area contributed by atoms with Gasteiger partial charge >= 0.3 is 6.03 Å². The molecule has 0 bridgehead atoms. The van der Waals surface area contributed by atoms with Crippen molar-refractivity contribution in [1.29, 1.82) is 0 Å². The first-order valence-electron chi connectivity index (χ1n) is 10.2. The molecule has 0 aliphatic heterocycles. The number of halogens is 2. The number of aryl methyl sites for hydroxylation is 1. The molecule has 1 aromatic carbocycles. The first-order valence-corrected chi connectivity index (χ1v) is 10.6. The van der Waals surface area contributed by atoms with Gasteiger partial charge in [0.15, 0.2) is 0 Å². The van der Waals surface area contributed by atoms with Crippen LogP contribution in [0.1, 0.15) is 25.5 Å². The zero-order valence-corrected chi connectivity index (χ0v) is 19.0. The lowest BCUT2D eigenvalue weighted by molar-refractivity contribution is -0.133. The van der Waals surface area contributed by atoms with Gasteiger partial charge in [-0.25, -0.2) is 9.18 Å². The highest BCUT2D eigenvalue weighted by Gasteiger charge is 2.22. The number of amides is 3. The van der Waals surface area contributed by atoms with Crippen LogP contribution in [0, 0.1) is 5.82 Å². The van der Waals surface area contributed by atoms with Crippen LogP contribution in [-0.2, 0) is 23.1 Å². The van der Waals surface area contributed by atoms with Crippen molar-refractivity contribution in [2.24, 2.45) is 7.05 Å². The summed E-state index contributed by atoms with van der Waals surface area (Å²) in [6.45, 7) is 3.59. The highest BCUT2D eigenvalue weighted by atomic mass is 35.5. The summed E-state index contributed by atoms with van der Waals surface area (Å²) in [5.41, 5.74) is 1.35. The van der Waals surface area contributed by atoms with Crippen LogP contribution < -0.4 is 5.32 Å². The molecule has 0 saturated carbocycles. The topological polar surface area (TPSA) is 66.8 Å². The van der Waals surface area contributed by atoms with E-state index in [4.69, 9.17) is 16.3 Å². The van der Waals surface area contributed by atoms with Crippen molar-refractivity contribution >= 4 is 29.2 Å². The van der Waals surface area contributed by atoms with E-state index in [9.17, 15) is 14.0 Å². The van der Waals surface area contributed by atoms with Gasteiger partial charge in [0, 0.05) is 44.8 Å². The van der Waals surface area contributed by atoms with Crippen molar-refractivity contribution < 1.29 is 18.7 Å². The first kappa shape index (κ1) is 24.7. The third kappa shape index (κ3) is 7.56. The molecule has 0 radical (unpaired) electrons. The van der Waals surface area contributed by atoms with Crippen molar-refractivity contribution in [3.8, 4) is 0 Å². The van der Waals surface area contributed by atoms with Crippen LogP contribution in [0.2, 0.25) is 5.02 Å². The fourth-order valence-corrected chi connectivity index (χ4v) is 3.17. The predicted octanol–water partition coefficient (Wildman–Crippen LogP) is 4.13. The minimum Gasteiger partial charge on any atom is -0.383 e. The summed E-state index contributed by atoms with van der Waals surface area (Å²) in [7, 11) is 3.50. The Morgan fingerprint density at radius 2 is 2.00 bits per heavy atom. The molecule has 0 aliphatic rings. The Morgan fingerprint density at radius 1 is 1.23 bits per heavy atom. The highest BCUT2D eigenvalue weighted by molar-refractivity contribution is 6.31. The Kier molecular flexibility index (Phi) is 9.81.